The average Bonchev–Trinajstić information content (AvgIpc) is 3.64. The van der Waals surface area contributed by atoms with Crippen LogP contribution < -0.4 is 20.3 Å². The molecule has 1 aliphatic carbocycles. The predicted molar refractivity (Wildman–Crippen MR) is 151 cm³/mol. The van der Waals surface area contributed by atoms with Crippen molar-refractivity contribution in [1.29, 1.82) is 5.26 Å². The zero-order valence-corrected chi connectivity index (χ0v) is 23.8. The fraction of sp³-hybridized carbons (Fsp3) is 0.714. The molecule has 7 rings (SSSR count). The summed E-state index contributed by atoms with van der Waals surface area (Å²) in [6, 6.07) is 2.61. The molecule has 1 spiro atoms. The van der Waals surface area contributed by atoms with Gasteiger partial charge in [-0.3, -0.25) is 4.90 Å². The van der Waals surface area contributed by atoms with E-state index >= 15 is 0 Å². The van der Waals surface area contributed by atoms with Gasteiger partial charge in [0.25, 0.3) is 0 Å². The van der Waals surface area contributed by atoms with Crippen LogP contribution in [0, 0.1) is 16.7 Å². The third kappa shape index (κ3) is 4.11. The van der Waals surface area contributed by atoms with E-state index in [1.165, 1.54) is 4.88 Å². The summed E-state index contributed by atoms with van der Waals surface area (Å²) in [5.41, 5.74) is 7.32. The number of fused-ring (bicyclic) bond motifs is 3. The van der Waals surface area contributed by atoms with Crippen LogP contribution in [0.15, 0.2) is 0 Å². The molecule has 0 amide bonds. The number of rotatable bonds is 6. The van der Waals surface area contributed by atoms with E-state index in [1.54, 1.807) is 11.3 Å². The third-order valence-electron chi connectivity index (χ3n) is 10.0. The van der Waals surface area contributed by atoms with Crippen molar-refractivity contribution in [3.63, 3.8) is 0 Å². The van der Waals surface area contributed by atoms with Crippen LogP contribution in [0.25, 0.3) is 0 Å². The summed E-state index contributed by atoms with van der Waals surface area (Å²) in [6.07, 6.45) is 5.45. The topological polar surface area (TPSA) is 128 Å². The van der Waals surface area contributed by atoms with Gasteiger partial charge in [0.05, 0.1) is 17.7 Å². The smallest absolute Gasteiger partial charge is 0.323 e. The molecule has 2 aromatic rings. The van der Waals surface area contributed by atoms with E-state index in [1.807, 2.05) is 0 Å². The molecule has 0 saturated carbocycles. The number of nitriles is 1. The summed E-state index contributed by atoms with van der Waals surface area (Å²) >= 11 is 1.55. The molecule has 0 radical (unpaired) electrons. The molecule has 5 aliphatic rings. The van der Waals surface area contributed by atoms with Gasteiger partial charge in [0.2, 0.25) is 11.9 Å². The zero-order chi connectivity index (χ0) is 27.7. The van der Waals surface area contributed by atoms with Crippen LogP contribution in [0.5, 0.6) is 6.01 Å². The Morgan fingerprint density at radius 1 is 1.12 bits per heavy atom. The lowest BCUT2D eigenvalue weighted by atomic mass is 9.74. The number of nitrogens with zero attached hydrogens (tertiary/aromatic N) is 7. The number of ether oxygens (including phenoxy) is 1. The Balaban J connectivity index is 1.17. The minimum Gasteiger partial charge on any atom is -0.461 e. The summed E-state index contributed by atoms with van der Waals surface area (Å²) in [7, 11) is 0. The number of hydrogen-bond donors (Lipinski definition) is 2. The van der Waals surface area contributed by atoms with Gasteiger partial charge in [0, 0.05) is 54.9 Å². The molecule has 0 bridgehead atoms. The second-order valence-electron chi connectivity index (χ2n) is 13.0. The second-order valence-corrected chi connectivity index (χ2v) is 14.1. The van der Waals surface area contributed by atoms with Crippen molar-refractivity contribution in [3.05, 3.63) is 16.0 Å². The van der Waals surface area contributed by atoms with E-state index < -0.39 is 6.17 Å². The quantitative estimate of drug-likeness (QED) is 0.537. The number of aryl methyl sites for hydroxylation is 1. The summed E-state index contributed by atoms with van der Waals surface area (Å²) in [5.74, 6) is 1.12. The maximum Gasteiger partial charge on any atom is 0.323 e. The number of alkyl halides is 1. The van der Waals surface area contributed by atoms with Crippen molar-refractivity contribution >= 4 is 28.2 Å². The van der Waals surface area contributed by atoms with Crippen molar-refractivity contribution in [2.75, 3.05) is 68.0 Å². The molecule has 2 aromatic heterocycles. The van der Waals surface area contributed by atoms with E-state index in [2.05, 4.69) is 27.7 Å². The highest BCUT2D eigenvalue weighted by Gasteiger charge is 2.53. The van der Waals surface area contributed by atoms with Gasteiger partial charge in [0.15, 0.2) is 0 Å². The molecular weight excluding hydrogens is 531 g/mol. The van der Waals surface area contributed by atoms with Gasteiger partial charge in [-0.2, -0.15) is 20.2 Å². The fourth-order valence-electron chi connectivity index (χ4n) is 7.91. The molecule has 40 heavy (non-hydrogen) atoms. The van der Waals surface area contributed by atoms with E-state index in [0.717, 1.165) is 57.2 Å². The first-order valence-corrected chi connectivity index (χ1v) is 15.3. The highest BCUT2D eigenvalue weighted by molar-refractivity contribution is 7.16. The Bertz CT molecular complexity index is 1360. The Morgan fingerprint density at radius 2 is 1.90 bits per heavy atom. The number of nitrogens with two attached hydrogens (primary N) is 1. The Hall–Kier alpha value is -2.75. The highest BCUT2D eigenvalue weighted by atomic mass is 32.1. The number of anilines is 3. The van der Waals surface area contributed by atoms with E-state index in [0.29, 0.717) is 61.7 Å². The van der Waals surface area contributed by atoms with Crippen LogP contribution in [0.2, 0.25) is 0 Å². The summed E-state index contributed by atoms with van der Waals surface area (Å²) in [5, 5.41) is 20.4. The van der Waals surface area contributed by atoms with Crippen LogP contribution in [-0.4, -0.2) is 89.2 Å². The minimum absolute atomic E-state index is 0.105. The minimum atomic E-state index is -0.823. The van der Waals surface area contributed by atoms with Crippen molar-refractivity contribution in [2.24, 2.45) is 5.41 Å². The molecular formula is C28H37FN8O2S. The number of nitrogen functional groups attached to an aromatic ring is 1. The van der Waals surface area contributed by atoms with Gasteiger partial charge < -0.3 is 25.4 Å². The standard InChI is InChI=1S/C28H37FN8O2S/c1-26(16-38)5-2-8-35(13-26)23-32-24(34-25(33-23)39-17-28-6-3-9-37(28)12-18(29)10-28)36-14-27(15-36)7-4-20-21(27)19(11-30)22(31)40-20/h18,38H,2-10,12-17,31H2,1H3/t18-,26?,28+/m1/s1. The summed E-state index contributed by atoms with van der Waals surface area (Å²) in [4.78, 5) is 22.1. The van der Waals surface area contributed by atoms with Crippen LogP contribution in [0.1, 0.15) is 61.5 Å². The lowest BCUT2D eigenvalue weighted by Gasteiger charge is -2.48. The second kappa shape index (κ2) is 9.39. The molecule has 1 unspecified atom stereocenters. The van der Waals surface area contributed by atoms with Gasteiger partial charge in [0.1, 0.15) is 23.8 Å². The summed E-state index contributed by atoms with van der Waals surface area (Å²) in [6.45, 7) is 6.81. The fourth-order valence-corrected chi connectivity index (χ4v) is 9.05. The van der Waals surface area contributed by atoms with Crippen molar-refractivity contribution in [1.82, 2.24) is 19.9 Å². The van der Waals surface area contributed by atoms with Crippen LogP contribution in [-0.2, 0) is 11.8 Å². The van der Waals surface area contributed by atoms with Gasteiger partial charge in [-0.25, -0.2) is 4.39 Å². The molecule has 12 heteroatoms. The van der Waals surface area contributed by atoms with Crippen LogP contribution in [0.4, 0.5) is 21.3 Å². The molecule has 3 atom stereocenters. The van der Waals surface area contributed by atoms with Gasteiger partial charge in [-0.15, -0.1) is 11.3 Å². The maximum atomic E-state index is 14.4. The average molecular weight is 569 g/mol. The van der Waals surface area contributed by atoms with Gasteiger partial charge in [-0.05, 0) is 50.6 Å². The van der Waals surface area contributed by atoms with E-state index in [9.17, 15) is 14.8 Å². The van der Waals surface area contributed by atoms with Crippen molar-refractivity contribution < 1.29 is 14.2 Å². The molecule has 3 N–H and O–H groups in total. The van der Waals surface area contributed by atoms with Crippen molar-refractivity contribution in [2.45, 2.75) is 69.0 Å². The highest BCUT2D eigenvalue weighted by Crippen LogP contribution is 2.52. The number of aromatic nitrogens is 3. The molecule has 214 valence electrons. The van der Waals surface area contributed by atoms with E-state index in [4.69, 9.17) is 25.4 Å². The molecule has 10 nitrogen and oxygen atoms in total. The molecule has 4 fully saturated rings. The largest absolute Gasteiger partial charge is 0.461 e. The zero-order valence-electron chi connectivity index (χ0n) is 23.0. The Kier molecular flexibility index (Phi) is 6.14. The normalized spacial score (nSPS) is 30.8. The number of aliphatic hydroxyl groups is 1. The molecule has 4 saturated heterocycles. The van der Waals surface area contributed by atoms with Gasteiger partial charge in [-0.1, -0.05) is 6.92 Å². The number of hydrogen-bond acceptors (Lipinski definition) is 11. The predicted octanol–water partition coefficient (Wildman–Crippen LogP) is 2.65. The number of piperidine rings is 1. The third-order valence-corrected chi connectivity index (χ3v) is 11.1. The Labute approximate surface area is 238 Å². The first-order chi connectivity index (χ1) is 19.3. The lowest BCUT2D eigenvalue weighted by Crippen LogP contribution is -2.59. The van der Waals surface area contributed by atoms with E-state index in [-0.39, 0.29) is 29.0 Å². The lowest BCUT2D eigenvalue weighted by molar-refractivity contribution is 0.106. The number of aliphatic hydroxyl groups excluding tert-OH is 1. The molecule has 0 aromatic carbocycles. The van der Waals surface area contributed by atoms with Crippen LogP contribution >= 0.6 is 11.3 Å². The molecule has 6 heterocycles. The maximum absolute atomic E-state index is 14.4. The first kappa shape index (κ1) is 26.2. The first-order valence-electron chi connectivity index (χ1n) is 14.5. The SMILES string of the molecule is CC1(CO)CCCN(c2nc(OC[C@@]34CCCN3C[C@H](F)C4)nc(N3CC4(CCc5sc(N)c(C#N)c54)C3)n2)C1. The number of halogens is 1. The monoisotopic (exact) mass is 568 g/mol. The number of thiophene rings is 1. The Morgan fingerprint density at radius 3 is 2.67 bits per heavy atom. The van der Waals surface area contributed by atoms with Crippen LogP contribution in [0.3, 0.4) is 0 Å². The van der Waals surface area contributed by atoms with Crippen molar-refractivity contribution in [3.8, 4) is 12.1 Å². The molecule has 4 aliphatic heterocycles. The summed E-state index contributed by atoms with van der Waals surface area (Å²) < 4.78 is 20.7. The van der Waals surface area contributed by atoms with Gasteiger partial charge >= 0.3 is 6.01 Å².